The van der Waals surface area contributed by atoms with E-state index in [9.17, 15) is 9.59 Å². The third kappa shape index (κ3) is 4.94. The van der Waals surface area contributed by atoms with Crippen LogP contribution in [0.25, 0.3) is 10.9 Å². The Hall–Kier alpha value is -3.15. The largest absolute Gasteiger partial charge is 0.352 e. The van der Waals surface area contributed by atoms with Crippen molar-refractivity contribution in [3.05, 3.63) is 59.8 Å². The summed E-state index contributed by atoms with van der Waals surface area (Å²) < 4.78 is 0. The molecule has 6 heteroatoms. The molecule has 2 amide bonds. The van der Waals surface area contributed by atoms with Gasteiger partial charge in [-0.2, -0.15) is 5.10 Å². The van der Waals surface area contributed by atoms with Crippen molar-refractivity contribution in [2.45, 2.75) is 33.2 Å². The molecule has 3 N–H and O–H groups in total. The molecule has 0 unspecified atom stereocenters. The van der Waals surface area contributed by atoms with E-state index < -0.39 is 0 Å². The summed E-state index contributed by atoms with van der Waals surface area (Å²) >= 11 is 0. The number of carbonyl (C=O) groups is 2. The number of nitrogens with zero attached hydrogens (tertiary/aromatic N) is 1. The molecule has 27 heavy (non-hydrogen) atoms. The summed E-state index contributed by atoms with van der Waals surface area (Å²) in [6, 6.07) is 13.4. The maximum atomic E-state index is 12.2. The molecule has 0 bridgehead atoms. The number of benzene rings is 2. The first kappa shape index (κ1) is 18.6. The Morgan fingerprint density at radius 3 is 2.81 bits per heavy atom. The van der Waals surface area contributed by atoms with E-state index >= 15 is 0 Å². The molecule has 1 atom stereocenters. The molecule has 1 heterocycles. The minimum absolute atomic E-state index is 0.00730. The first-order valence-corrected chi connectivity index (χ1v) is 9.13. The lowest BCUT2D eigenvalue weighted by Crippen LogP contribution is -2.24. The van der Waals surface area contributed by atoms with Crippen molar-refractivity contribution in [1.29, 1.82) is 0 Å². The van der Waals surface area contributed by atoms with Gasteiger partial charge in [0.15, 0.2) is 0 Å². The van der Waals surface area contributed by atoms with Crippen molar-refractivity contribution < 1.29 is 9.59 Å². The number of aromatic nitrogens is 2. The van der Waals surface area contributed by atoms with E-state index in [4.69, 9.17) is 0 Å². The lowest BCUT2D eigenvalue weighted by Gasteiger charge is -2.11. The van der Waals surface area contributed by atoms with Crippen LogP contribution in [0.4, 0.5) is 5.69 Å². The molecule has 1 aromatic heterocycles. The van der Waals surface area contributed by atoms with Crippen LogP contribution in [0.1, 0.15) is 31.4 Å². The van der Waals surface area contributed by atoms with Gasteiger partial charge in [0.2, 0.25) is 11.8 Å². The van der Waals surface area contributed by atoms with Gasteiger partial charge in [-0.1, -0.05) is 38.1 Å². The summed E-state index contributed by atoms with van der Waals surface area (Å²) in [5, 5.41) is 13.8. The van der Waals surface area contributed by atoms with Gasteiger partial charge >= 0.3 is 0 Å². The van der Waals surface area contributed by atoms with E-state index in [2.05, 4.69) is 20.8 Å². The second-order valence-corrected chi connectivity index (χ2v) is 6.74. The summed E-state index contributed by atoms with van der Waals surface area (Å²) in [7, 11) is 0. The number of nitrogens with one attached hydrogen (secondary N) is 3. The van der Waals surface area contributed by atoms with Crippen LogP contribution in [0.3, 0.4) is 0 Å². The number of fused-ring (bicyclic) bond motifs is 1. The van der Waals surface area contributed by atoms with Crippen molar-refractivity contribution in [3.8, 4) is 0 Å². The molecule has 3 rings (SSSR count). The highest BCUT2D eigenvalue weighted by Gasteiger charge is 2.11. The molecule has 3 aromatic rings. The SMILES string of the molecule is CC[C@@H](C)C(=O)Nc1cccc(CNC(=O)Cc2ccc3cn[nH]c3c2)c1. The number of aromatic amines is 1. The Bertz CT molecular complexity index is 948. The van der Waals surface area contributed by atoms with Crippen LogP contribution in [0.2, 0.25) is 0 Å². The number of hydrogen-bond acceptors (Lipinski definition) is 3. The van der Waals surface area contributed by atoms with Crippen LogP contribution < -0.4 is 10.6 Å². The van der Waals surface area contributed by atoms with E-state index in [1.807, 2.05) is 56.3 Å². The quantitative estimate of drug-likeness (QED) is 0.600. The molecule has 0 aliphatic rings. The van der Waals surface area contributed by atoms with Gasteiger partial charge in [-0.05, 0) is 35.7 Å². The van der Waals surface area contributed by atoms with Crippen molar-refractivity contribution in [3.63, 3.8) is 0 Å². The van der Waals surface area contributed by atoms with Gasteiger partial charge in [-0.25, -0.2) is 0 Å². The normalized spacial score (nSPS) is 11.9. The standard InChI is InChI=1S/C21H24N4O2/c1-3-14(2)21(27)24-18-6-4-5-16(9-18)12-22-20(26)11-15-7-8-17-13-23-25-19(17)10-15/h4-10,13-14H,3,11-12H2,1-2H3,(H,22,26)(H,23,25)(H,24,27)/t14-/m1/s1. The Morgan fingerprint density at radius 2 is 2.00 bits per heavy atom. The zero-order valence-corrected chi connectivity index (χ0v) is 15.6. The molecule has 6 nitrogen and oxygen atoms in total. The van der Waals surface area contributed by atoms with Crippen LogP contribution >= 0.6 is 0 Å². The van der Waals surface area contributed by atoms with Gasteiger partial charge < -0.3 is 10.6 Å². The summed E-state index contributed by atoms with van der Waals surface area (Å²) in [6.45, 7) is 4.30. The zero-order chi connectivity index (χ0) is 19.2. The molecule has 140 valence electrons. The second-order valence-electron chi connectivity index (χ2n) is 6.74. The highest BCUT2D eigenvalue weighted by Crippen LogP contribution is 2.14. The lowest BCUT2D eigenvalue weighted by molar-refractivity contribution is -0.121. The molecule has 0 radical (unpaired) electrons. The lowest BCUT2D eigenvalue weighted by atomic mass is 10.1. The number of rotatable bonds is 7. The molecule has 0 saturated heterocycles. The number of amides is 2. The number of hydrogen-bond donors (Lipinski definition) is 3. The Labute approximate surface area is 158 Å². The first-order chi connectivity index (χ1) is 13.0. The van der Waals surface area contributed by atoms with Crippen LogP contribution in [-0.4, -0.2) is 22.0 Å². The van der Waals surface area contributed by atoms with E-state index in [1.165, 1.54) is 0 Å². The molecule has 2 aromatic carbocycles. The molecule has 0 aliphatic carbocycles. The predicted molar refractivity (Wildman–Crippen MR) is 106 cm³/mol. The van der Waals surface area contributed by atoms with Crippen LogP contribution in [0.5, 0.6) is 0 Å². The number of anilines is 1. The maximum absolute atomic E-state index is 12.2. The third-order valence-corrected chi connectivity index (χ3v) is 4.62. The van der Waals surface area contributed by atoms with E-state index in [-0.39, 0.29) is 17.7 Å². The monoisotopic (exact) mass is 364 g/mol. The molecule has 0 saturated carbocycles. The number of carbonyl (C=O) groups excluding carboxylic acids is 2. The average Bonchev–Trinajstić information content (AvgIpc) is 3.14. The Balaban J connectivity index is 1.55. The number of H-pyrrole nitrogens is 1. The van der Waals surface area contributed by atoms with Crippen molar-refractivity contribution in [1.82, 2.24) is 15.5 Å². The fourth-order valence-corrected chi connectivity index (χ4v) is 2.75. The minimum atomic E-state index is -0.0529. The molecule has 0 fully saturated rings. The van der Waals surface area contributed by atoms with Gasteiger partial charge in [-0.3, -0.25) is 14.7 Å². The smallest absolute Gasteiger partial charge is 0.227 e. The third-order valence-electron chi connectivity index (χ3n) is 4.62. The Kier molecular flexibility index (Phi) is 5.86. The van der Waals surface area contributed by atoms with Crippen LogP contribution in [-0.2, 0) is 22.6 Å². The van der Waals surface area contributed by atoms with Gasteiger partial charge in [-0.15, -0.1) is 0 Å². The molecular formula is C21H24N4O2. The highest BCUT2D eigenvalue weighted by atomic mass is 16.2. The summed E-state index contributed by atoms with van der Waals surface area (Å²) in [5.41, 5.74) is 3.54. The molecule has 0 spiro atoms. The average molecular weight is 364 g/mol. The predicted octanol–water partition coefficient (Wildman–Crippen LogP) is 3.41. The maximum Gasteiger partial charge on any atom is 0.227 e. The topological polar surface area (TPSA) is 86.9 Å². The Morgan fingerprint density at radius 1 is 1.15 bits per heavy atom. The van der Waals surface area contributed by atoms with Gasteiger partial charge in [0.1, 0.15) is 0 Å². The van der Waals surface area contributed by atoms with Gasteiger partial charge in [0.25, 0.3) is 0 Å². The fraction of sp³-hybridized carbons (Fsp3) is 0.286. The van der Waals surface area contributed by atoms with Crippen LogP contribution in [0.15, 0.2) is 48.7 Å². The summed E-state index contributed by atoms with van der Waals surface area (Å²) in [4.78, 5) is 24.3. The van der Waals surface area contributed by atoms with Crippen molar-refractivity contribution >= 4 is 28.4 Å². The summed E-state index contributed by atoms with van der Waals surface area (Å²) in [6.07, 6.45) is 2.86. The van der Waals surface area contributed by atoms with E-state index in [0.29, 0.717) is 13.0 Å². The zero-order valence-electron chi connectivity index (χ0n) is 15.6. The minimum Gasteiger partial charge on any atom is -0.352 e. The molecule has 0 aliphatic heterocycles. The van der Waals surface area contributed by atoms with Gasteiger partial charge in [0.05, 0.1) is 18.1 Å². The highest BCUT2D eigenvalue weighted by molar-refractivity contribution is 5.92. The van der Waals surface area contributed by atoms with Crippen molar-refractivity contribution in [2.24, 2.45) is 5.92 Å². The molecular weight excluding hydrogens is 340 g/mol. The summed E-state index contributed by atoms with van der Waals surface area (Å²) in [5.74, 6) is -0.0728. The second kappa shape index (κ2) is 8.49. The van der Waals surface area contributed by atoms with Gasteiger partial charge in [0, 0.05) is 23.5 Å². The fourth-order valence-electron chi connectivity index (χ4n) is 2.75. The van der Waals surface area contributed by atoms with E-state index in [0.717, 1.165) is 34.1 Å². The first-order valence-electron chi connectivity index (χ1n) is 9.13. The van der Waals surface area contributed by atoms with Crippen molar-refractivity contribution in [2.75, 3.05) is 5.32 Å². The van der Waals surface area contributed by atoms with Crippen LogP contribution in [0, 0.1) is 5.92 Å². The van der Waals surface area contributed by atoms with E-state index in [1.54, 1.807) is 6.20 Å².